The molecule has 1 aliphatic carbocycles. The summed E-state index contributed by atoms with van der Waals surface area (Å²) in [7, 11) is 0. The zero-order chi connectivity index (χ0) is 14.5. The Morgan fingerprint density at radius 3 is 2.85 bits per heavy atom. The van der Waals surface area contributed by atoms with E-state index in [1.54, 1.807) is 18.3 Å². The molecule has 0 unspecified atom stereocenters. The number of rotatable bonds is 4. The van der Waals surface area contributed by atoms with Gasteiger partial charge in [-0.25, -0.2) is 0 Å². The second-order valence-electron chi connectivity index (χ2n) is 4.99. The molecule has 6 heteroatoms. The quantitative estimate of drug-likeness (QED) is 0.831. The van der Waals surface area contributed by atoms with Crippen LogP contribution >= 0.6 is 0 Å². The van der Waals surface area contributed by atoms with E-state index in [-0.39, 0.29) is 11.7 Å². The average molecular weight is 275 g/mol. The van der Waals surface area contributed by atoms with Crippen molar-refractivity contribution in [2.45, 2.75) is 31.7 Å². The highest BCUT2D eigenvalue weighted by Crippen LogP contribution is 2.24. The standard InChI is InChI=1S/C14H17N3O3/c15-13(19)12(9-3-1-5-11(18)7-9)17-14(20)10-4-2-6-16-8-10/h2,4,6,8-9,12H,1,3,5,7H2,(H2,15,19)(H,17,20)/t9-,12+/m1/s1. The Hall–Kier alpha value is -2.24. The molecule has 1 fully saturated rings. The number of hydrogen-bond acceptors (Lipinski definition) is 4. The van der Waals surface area contributed by atoms with Crippen LogP contribution in [0.3, 0.4) is 0 Å². The van der Waals surface area contributed by atoms with Gasteiger partial charge in [0.1, 0.15) is 11.8 Å². The number of ketones is 1. The molecule has 2 atom stereocenters. The lowest BCUT2D eigenvalue weighted by molar-refractivity contribution is -0.124. The predicted molar refractivity (Wildman–Crippen MR) is 71.7 cm³/mol. The van der Waals surface area contributed by atoms with Crippen molar-refractivity contribution in [2.24, 2.45) is 11.7 Å². The minimum atomic E-state index is -0.813. The molecule has 1 aromatic heterocycles. The van der Waals surface area contributed by atoms with E-state index < -0.39 is 17.9 Å². The van der Waals surface area contributed by atoms with Crippen LogP contribution in [0.1, 0.15) is 36.0 Å². The summed E-state index contributed by atoms with van der Waals surface area (Å²) in [5.74, 6) is -1.11. The first-order valence-corrected chi connectivity index (χ1v) is 6.60. The lowest BCUT2D eigenvalue weighted by Gasteiger charge is -2.28. The summed E-state index contributed by atoms with van der Waals surface area (Å²) in [6.07, 6.45) is 5.25. The largest absolute Gasteiger partial charge is 0.368 e. The van der Waals surface area contributed by atoms with Crippen molar-refractivity contribution in [2.75, 3.05) is 0 Å². The molecule has 106 valence electrons. The number of carbonyl (C=O) groups is 3. The summed E-state index contributed by atoms with van der Waals surface area (Å²) >= 11 is 0. The highest BCUT2D eigenvalue weighted by atomic mass is 16.2. The highest BCUT2D eigenvalue weighted by molar-refractivity contribution is 5.97. The first-order valence-electron chi connectivity index (χ1n) is 6.60. The summed E-state index contributed by atoms with van der Waals surface area (Å²) in [4.78, 5) is 38.9. The van der Waals surface area contributed by atoms with Gasteiger partial charge in [0.15, 0.2) is 0 Å². The second-order valence-corrected chi connectivity index (χ2v) is 4.99. The Bertz CT molecular complexity index is 516. The van der Waals surface area contributed by atoms with E-state index in [1.807, 2.05) is 0 Å². The van der Waals surface area contributed by atoms with Crippen molar-refractivity contribution in [3.05, 3.63) is 30.1 Å². The van der Waals surface area contributed by atoms with E-state index in [4.69, 9.17) is 5.73 Å². The van der Waals surface area contributed by atoms with Gasteiger partial charge in [0, 0.05) is 25.2 Å². The molecular weight excluding hydrogens is 258 g/mol. The van der Waals surface area contributed by atoms with Crippen LogP contribution in [0.2, 0.25) is 0 Å². The lowest BCUT2D eigenvalue weighted by atomic mass is 9.83. The van der Waals surface area contributed by atoms with Crippen LogP contribution in [0.5, 0.6) is 0 Å². The Labute approximate surface area is 116 Å². The fourth-order valence-corrected chi connectivity index (χ4v) is 2.49. The van der Waals surface area contributed by atoms with Crippen LogP contribution in [0, 0.1) is 5.92 Å². The lowest BCUT2D eigenvalue weighted by Crippen LogP contribution is -2.50. The average Bonchev–Trinajstić information content (AvgIpc) is 2.45. The zero-order valence-corrected chi connectivity index (χ0v) is 11.0. The maximum Gasteiger partial charge on any atom is 0.253 e. The number of nitrogens with one attached hydrogen (secondary N) is 1. The van der Waals surface area contributed by atoms with Crippen molar-refractivity contribution in [1.29, 1.82) is 0 Å². The molecule has 0 aliphatic heterocycles. The number of aromatic nitrogens is 1. The minimum Gasteiger partial charge on any atom is -0.368 e. The fourth-order valence-electron chi connectivity index (χ4n) is 2.49. The molecule has 0 bridgehead atoms. The second kappa shape index (κ2) is 6.27. The van der Waals surface area contributed by atoms with Crippen molar-refractivity contribution in [3.63, 3.8) is 0 Å². The van der Waals surface area contributed by atoms with Gasteiger partial charge in [0.25, 0.3) is 5.91 Å². The molecule has 1 aliphatic rings. The van der Waals surface area contributed by atoms with Crippen molar-refractivity contribution < 1.29 is 14.4 Å². The van der Waals surface area contributed by atoms with Crippen LogP contribution in [0.15, 0.2) is 24.5 Å². The topological polar surface area (TPSA) is 102 Å². The van der Waals surface area contributed by atoms with Gasteiger partial charge in [0.2, 0.25) is 5.91 Å². The van der Waals surface area contributed by atoms with Crippen LogP contribution < -0.4 is 11.1 Å². The van der Waals surface area contributed by atoms with E-state index in [0.717, 1.165) is 6.42 Å². The number of primary amides is 1. The van der Waals surface area contributed by atoms with Crippen LogP contribution in [0.4, 0.5) is 0 Å². The molecule has 2 rings (SSSR count). The van der Waals surface area contributed by atoms with Gasteiger partial charge in [-0.05, 0) is 30.9 Å². The van der Waals surface area contributed by atoms with Crippen molar-refractivity contribution in [3.8, 4) is 0 Å². The summed E-state index contributed by atoms with van der Waals surface area (Å²) in [6, 6.07) is 2.43. The maximum atomic E-state index is 12.0. The van der Waals surface area contributed by atoms with Gasteiger partial charge in [-0.2, -0.15) is 0 Å². The molecule has 0 aromatic carbocycles. The molecule has 1 saturated carbocycles. The number of hydrogen-bond donors (Lipinski definition) is 2. The Balaban J connectivity index is 2.08. The number of nitrogens with zero attached hydrogens (tertiary/aromatic N) is 1. The van der Waals surface area contributed by atoms with E-state index in [1.165, 1.54) is 6.20 Å². The van der Waals surface area contributed by atoms with Crippen molar-refractivity contribution in [1.82, 2.24) is 10.3 Å². The number of amides is 2. The van der Waals surface area contributed by atoms with E-state index in [2.05, 4.69) is 10.3 Å². The molecule has 1 aromatic rings. The smallest absolute Gasteiger partial charge is 0.253 e. The first kappa shape index (κ1) is 14.2. The SMILES string of the molecule is NC(=O)[C@@H](NC(=O)c1cccnc1)[C@@H]1CCCC(=O)C1. The molecular formula is C14H17N3O3. The molecule has 0 spiro atoms. The molecule has 0 radical (unpaired) electrons. The summed E-state index contributed by atoms with van der Waals surface area (Å²) in [5, 5.41) is 2.62. The number of carbonyl (C=O) groups excluding carboxylic acids is 3. The van der Waals surface area contributed by atoms with Gasteiger partial charge in [-0.15, -0.1) is 0 Å². The van der Waals surface area contributed by atoms with Gasteiger partial charge < -0.3 is 11.1 Å². The Kier molecular flexibility index (Phi) is 4.45. The van der Waals surface area contributed by atoms with Crippen molar-refractivity contribution >= 4 is 17.6 Å². The molecule has 2 amide bonds. The third-order valence-corrected chi connectivity index (χ3v) is 3.51. The van der Waals surface area contributed by atoms with Crippen LogP contribution in [-0.2, 0) is 9.59 Å². The van der Waals surface area contributed by atoms with E-state index in [9.17, 15) is 14.4 Å². The van der Waals surface area contributed by atoms with E-state index in [0.29, 0.717) is 24.8 Å². The van der Waals surface area contributed by atoms with Crippen LogP contribution in [0.25, 0.3) is 0 Å². The summed E-state index contributed by atoms with van der Waals surface area (Å²) in [6.45, 7) is 0. The number of pyridine rings is 1. The highest BCUT2D eigenvalue weighted by Gasteiger charge is 2.32. The Morgan fingerprint density at radius 1 is 1.45 bits per heavy atom. The van der Waals surface area contributed by atoms with Gasteiger partial charge in [-0.1, -0.05) is 0 Å². The van der Waals surface area contributed by atoms with Gasteiger partial charge in [0.05, 0.1) is 5.56 Å². The molecule has 20 heavy (non-hydrogen) atoms. The molecule has 3 N–H and O–H groups in total. The van der Waals surface area contributed by atoms with E-state index >= 15 is 0 Å². The number of Topliss-reactive ketones (excluding diaryl/α,β-unsaturated/α-hetero) is 1. The third kappa shape index (κ3) is 3.40. The van der Waals surface area contributed by atoms with Crippen LogP contribution in [-0.4, -0.2) is 28.6 Å². The maximum absolute atomic E-state index is 12.0. The zero-order valence-electron chi connectivity index (χ0n) is 11.0. The van der Waals surface area contributed by atoms with Gasteiger partial charge in [-0.3, -0.25) is 19.4 Å². The first-order chi connectivity index (χ1) is 9.58. The fraction of sp³-hybridized carbons (Fsp3) is 0.429. The number of nitrogens with two attached hydrogens (primary N) is 1. The predicted octanol–water partition coefficient (Wildman–Crippen LogP) is 0.425. The normalized spacial score (nSPS) is 20.2. The monoisotopic (exact) mass is 275 g/mol. The molecule has 0 saturated heterocycles. The third-order valence-electron chi connectivity index (χ3n) is 3.51. The Morgan fingerprint density at radius 2 is 2.25 bits per heavy atom. The summed E-state index contributed by atoms with van der Waals surface area (Å²) < 4.78 is 0. The minimum absolute atomic E-state index is 0.114. The summed E-state index contributed by atoms with van der Waals surface area (Å²) in [5.41, 5.74) is 5.72. The van der Waals surface area contributed by atoms with Gasteiger partial charge >= 0.3 is 0 Å². The molecule has 1 heterocycles. The molecule has 6 nitrogen and oxygen atoms in total.